The number of ether oxygens (including phenoxy) is 2. The molecule has 0 aliphatic heterocycles. The van der Waals surface area contributed by atoms with E-state index in [1.54, 1.807) is 24.1 Å². The third-order valence-electron chi connectivity index (χ3n) is 6.09. The van der Waals surface area contributed by atoms with E-state index in [0.717, 1.165) is 16.7 Å². The molecule has 38 heavy (non-hydrogen) atoms. The molecule has 0 saturated carbocycles. The lowest BCUT2D eigenvalue weighted by Crippen LogP contribution is -2.49. The van der Waals surface area contributed by atoms with Crippen molar-refractivity contribution in [1.82, 2.24) is 10.2 Å². The fourth-order valence-corrected chi connectivity index (χ4v) is 4.52. The van der Waals surface area contributed by atoms with Crippen LogP contribution in [-0.2, 0) is 29.0 Å². The van der Waals surface area contributed by atoms with Crippen molar-refractivity contribution in [3.8, 4) is 11.5 Å². The zero-order valence-corrected chi connectivity index (χ0v) is 23.5. The largest absolute Gasteiger partial charge is 0.490 e. The van der Waals surface area contributed by atoms with Crippen molar-refractivity contribution < 1.29 is 19.1 Å². The number of carbonyl (C=O) groups is 2. The average molecular weight is 558 g/mol. The molecule has 0 heterocycles. The second-order valence-electron chi connectivity index (χ2n) is 8.74. The van der Waals surface area contributed by atoms with Crippen LogP contribution in [0, 0.1) is 0 Å². The SMILES string of the molecule is CCOc1ccc(CCC(=O)N(Cc2ccc(Cl)c(Cl)c2)[C@@H](Cc2ccccc2)C(=O)NC)cc1OCC. The highest BCUT2D eigenvalue weighted by Crippen LogP contribution is 2.29. The quantitative estimate of drug-likeness (QED) is 0.276. The third kappa shape index (κ3) is 8.14. The molecule has 202 valence electrons. The minimum atomic E-state index is -0.705. The van der Waals surface area contributed by atoms with Crippen molar-refractivity contribution in [2.45, 2.75) is 45.7 Å². The Labute approximate surface area is 234 Å². The molecule has 0 radical (unpaired) electrons. The first-order chi connectivity index (χ1) is 18.4. The predicted octanol–water partition coefficient (Wildman–Crippen LogP) is 6.11. The van der Waals surface area contributed by atoms with Gasteiger partial charge in [-0.2, -0.15) is 0 Å². The Morgan fingerprint density at radius 3 is 2.18 bits per heavy atom. The first-order valence-electron chi connectivity index (χ1n) is 12.7. The van der Waals surface area contributed by atoms with Crippen LogP contribution in [-0.4, -0.2) is 43.0 Å². The molecule has 0 unspecified atom stereocenters. The van der Waals surface area contributed by atoms with Gasteiger partial charge in [-0.1, -0.05) is 65.7 Å². The molecule has 0 spiro atoms. The van der Waals surface area contributed by atoms with Crippen LogP contribution in [0.2, 0.25) is 10.0 Å². The van der Waals surface area contributed by atoms with Gasteiger partial charge in [-0.15, -0.1) is 0 Å². The number of aryl methyl sites for hydroxylation is 1. The van der Waals surface area contributed by atoms with Crippen LogP contribution >= 0.6 is 23.2 Å². The number of amides is 2. The minimum absolute atomic E-state index is 0.146. The standard InChI is InChI=1S/C30H34Cl2N2O4/c1-4-37-27-15-12-22(19-28(27)38-5-2)13-16-29(35)34(20-23-11-14-24(31)25(32)17-23)26(30(36)33-3)18-21-9-7-6-8-10-21/h6-12,14-15,17,19,26H,4-5,13,16,18,20H2,1-3H3,(H,33,36)/t26-/m0/s1. The van der Waals surface area contributed by atoms with Crippen LogP contribution in [0.4, 0.5) is 0 Å². The molecule has 1 atom stereocenters. The highest BCUT2D eigenvalue weighted by atomic mass is 35.5. The molecule has 0 aliphatic carbocycles. The van der Waals surface area contributed by atoms with E-state index in [0.29, 0.717) is 47.6 Å². The first-order valence-corrected chi connectivity index (χ1v) is 13.5. The maximum atomic E-state index is 13.7. The molecule has 2 amide bonds. The van der Waals surface area contributed by atoms with Gasteiger partial charge >= 0.3 is 0 Å². The summed E-state index contributed by atoms with van der Waals surface area (Å²) in [6.45, 7) is 5.09. The van der Waals surface area contributed by atoms with E-state index in [1.165, 1.54) is 0 Å². The van der Waals surface area contributed by atoms with Gasteiger partial charge < -0.3 is 19.7 Å². The van der Waals surface area contributed by atoms with Crippen molar-refractivity contribution in [3.63, 3.8) is 0 Å². The molecule has 0 bridgehead atoms. The molecule has 3 aromatic rings. The second-order valence-corrected chi connectivity index (χ2v) is 9.55. The van der Waals surface area contributed by atoms with Gasteiger partial charge in [0.15, 0.2) is 11.5 Å². The Balaban J connectivity index is 1.88. The Morgan fingerprint density at radius 1 is 0.842 bits per heavy atom. The highest BCUT2D eigenvalue weighted by Gasteiger charge is 2.29. The van der Waals surface area contributed by atoms with E-state index in [4.69, 9.17) is 32.7 Å². The summed E-state index contributed by atoms with van der Waals surface area (Å²) in [5.41, 5.74) is 2.69. The molecule has 0 saturated heterocycles. The fraction of sp³-hybridized carbons (Fsp3) is 0.333. The summed E-state index contributed by atoms with van der Waals surface area (Å²) in [6, 6.07) is 19.9. The monoisotopic (exact) mass is 556 g/mol. The number of nitrogens with zero attached hydrogens (tertiary/aromatic N) is 1. The number of hydrogen-bond acceptors (Lipinski definition) is 4. The molecule has 0 fully saturated rings. The van der Waals surface area contributed by atoms with Gasteiger partial charge in [0.05, 0.1) is 23.3 Å². The average Bonchev–Trinajstić information content (AvgIpc) is 2.93. The van der Waals surface area contributed by atoms with E-state index in [-0.39, 0.29) is 24.8 Å². The van der Waals surface area contributed by atoms with Crippen LogP contribution in [0.5, 0.6) is 11.5 Å². The molecule has 3 rings (SSSR count). The van der Waals surface area contributed by atoms with E-state index in [1.807, 2.05) is 68.4 Å². The van der Waals surface area contributed by atoms with Crippen molar-refractivity contribution >= 4 is 35.0 Å². The van der Waals surface area contributed by atoms with Gasteiger partial charge in [-0.3, -0.25) is 9.59 Å². The molecule has 0 aliphatic rings. The van der Waals surface area contributed by atoms with Crippen LogP contribution < -0.4 is 14.8 Å². The molecule has 1 N–H and O–H groups in total. The van der Waals surface area contributed by atoms with Crippen LogP contribution in [0.15, 0.2) is 66.7 Å². The third-order valence-corrected chi connectivity index (χ3v) is 6.83. The zero-order valence-electron chi connectivity index (χ0n) is 22.0. The number of hydrogen-bond donors (Lipinski definition) is 1. The lowest BCUT2D eigenvalue weighted by atomic mass is 10.0. The van der Waals surface area contributed by atoms with Gasteiger partial charge in [-0.25, -0.2) is 0 Å². The number of rotatable bonds is 13. The molecular weight excluding hydrogens is 523 g/mol. The summed E-state index contributed by atoms with van der Waals surface area (Å²) in [5, 5.41) is 3.56. The first kappa shape index (κ1) is 29.3. The summed E-state index contributed by atoms with van der Waals surface area (Å²) in [7, 11) is 1.58. The Kier molecular flexibility index (Phi) is 11.3. The highest BCUT2D eigenvalue weighted by molar-refractivity contribution is 6.42. The van der Waals surface area contributed by atoms with E-state index < -0.39 is 6.04 Å². The number of likely N-dealkylation sites (N-methyl/N-ethyl adjacent to an activating group) is 1. The fourth-order valence-electron chi connectivity index (χ4n) is 4.20. The normalized spacial score (nSPS) is 11.5. The Hall–Kier alpha value is -3.22. The van der Waals surface area contributed by atoms with Crippen molar-refractivity contribution in [2.24, 2.45) is 0 Å². The number of benzene rings is 3. The smallest absolute Gasteiger partial charge is 0.242 e. The van der Waals surface area contributed by atoms with E-state index in [9.17, 15) is 9.59 Å². The van der Waals surface area contributed by atoms with Crippen molar-refractivity contribution in [2.75, 3.05) is 20.3 Å². The number of nitrogens with one attached hydrogen (secondary N) is 1. The van der Waals surface area contributed by atoms with Gasteiger partial charge in [0.25, 0.3) is 0 Å². The molecule has 8 heteroatoms. The molecular formula is C30H34Cl2N2O4. The Morgan fingerprint density at radius 2 is 1.53 bits per heavy atom. The van der Waals surface area contributed by atoms with E-state index in [2.05, 4.69) is 5.32 Å². The molecule has 6 nitrogen and oxygen atoms in total. The predicted molar refractivity (Wildman–Crippen MR) is 152 cm³/mol. The summed E-state index contributed by atoms with van der Waals surface area (Å²) >= 11 is 12.4. The van der Waals surface area contributed by atoms with E-state index >= 15 is 0 Å². The number of halogens is 2. The van der Waals surface area contributed by atoms with Crippen molar-refractivity contribution in [3.05, 3.63) is 93.5 Å². The maximum absolute atomic E-state index is 13.7. The summed E-state index contributed by atoms with van der Waals surface area (Å²) in [6.07, 6.45) is 1.07. The summed E-state index contributed by atoms with van der Waals surface area (Å²) in [5.74, 6) is 0.946. The lowest BCUT2D eigenvalue weighted by molar-refractivity contribution is -0.141. The van der Waals surface area contributed by atoms with Crippen molar-refractivity contribution in [1.29, 1.82) is 0 Å². The van der Waals surface area contributed by atoms with Gasteiger partial charge in [0.1, 0.15) is 6.04 Å². The maximum Gasteiger partial charge on any atom is 0.242 e. The molecule has 0 aromatic heterocycles. The number of carbonyl (C=O) groups excluding carboxylic acids is 2. The summed E-state index contributed by atoms with van der Waals surface area (Å²) < 4.78 is 11.4. The zero-order chi connectivity index (χ0) is 27.5. The molecule has 3 aromatic carbocycles. The summed E-state index contributed by atoms with van der Waals surface area (Å²) in [4.78, 5) is 28.4. The lowest BCUT2D eigenvalue weighted by Gasteiger charge is -2.31. The second kappa shape index (κ2) is 14.6. The van der Waals surface area contributed by atoms with Gasteiger partial charge in [-0.05, 0) is 61.2 Å². The van der Waals surface area contributed by atoms with Crippen LogP contribution in [0.1, 0.15) is 37.0 Å². The van der Waals surface area contributed by atoms with Crippen LogP contribution in [0.3, 0.4) is 0 Å². The Bertz CT molecular complexity index is 1220. The van der Waals surface area contributed by atoms with Gasteiger partial charge in [0.2, 0.25) is 11.8 Å². The van der Waals surface area contributed by atoms with Crippen LogP contribution in [0.25, 0.3) is 0 Å². The minimum Gasteiger partial charge on any atom is -0.490 e. The topological polar surface area (TPSA) is 67.9 Å². The van der Waals surface area contributed by atoms with Gasteiger partial charge in [0, 0.05) is 26.4 Å².